The molecule has 8 nitrogen and oxygen atoms in total. The maximum atomic E-state index is 12.3. The van der Waals surface area contributed by atoms with E-state index in [2.05, 4.69) is 10.4 Å². The van der Waals surface area contributed by atoms with E-state index in [0.717, 1.165) is 5.69 Å². The number of carbonyl (C=O) groups excluding carboxylic acids is 2. The molecule has 23 heavy (non-hydrogen) atoms. The number of carboxylic acid groups (broad SMARTS) is 1. The van der Waals surface area contributed by atoms with Gasteiger partial charge in [0.15, 0.2) is 0 Å². The van der Waals surface area contributed by atoms with Crippen LogP contribution in [0.25, 0.3) is 0 Å². The highest BCUT2D eigenvalue weighted by Crippen LogP contribution is 2.36. The van der Waals surface area contributed by atoms with Crippen molar-refractivity contribution in [3.8, 4) is 0 Å². The molecule has 2 saturated heterocycles. The number of carboxylic acids is 1. The summed E-state index contributed by atoms with van der Waals surface area (Å²) in [5, 5.41) is 16.4. The van der Waals surface area contributed by atoms with E-state index in [4.69, 9.17) is 0 Å². The number of nitrogens with one attached hydrogen (secondary N) is 1. The quantitative estimate of drug-likeness (QED) is 0.801. The number of carbonyl (C=O) groups is 3. The van der Waals surface area contributed by atoms with Crippen LogP contribution in [-0.4, -0.2) is 56.2 Å². The molecule has 1 atom stereocenters. The van der Waals surface area contributed by atoms with Crippen LogP contribution >= 0.6 is 0 Å². The lowest BCUT2D eigenvalue weighted by atomic mass is 9.77. The van der Waals surface area contributed by atoms with Crippen molar-refractivity contribution in [2.45, 2.75) is 38.3 Å². The maximum absolute atomic E-state index is 12.3. The van der Waals surface area contributed by atoms with Crippen molar-refractivity contribution in [3.63, 3.8) is 0 Å². The molecular weight excluding hydrogens is 300 g/mol. The van der Waals surface area contributed by atoms with Gasteiger partial charge in [-0.3, -0.25) is 19.1 Å². The first-order valence-corrected chi connectivity index (χ1v) is 7.71. The molecule has 2 aliphatic heterocycles. The van der Waals surface area contributed by atoms with Crippen molar-refractivity contribution in [2.75, 3.05) is 13.1 Å². The van der Waals surface area contributed by atoms with Gasteiger partial charge in [0.25, 0.3) is 0 Å². The van der Waals surface area contributed by atoms with Gasteiger partial charge in [0, 0.05) is 25.7 Å². The first kappa shape index (κ1) is 15.5. The number of amides is 2. The summed E-state index contributed by atoms with van der Waals surface area (Å²) in [5.74, 6) is -1.92. The number of nitrogens with zero attached hydrogens (tertiary/aromatic N) is 3. The minimum Gasteiger partial charge on any atom is -0.481 e. The zero-order valence-corrected chi connectivity index (χ0v) is 13.0. The molecule has 1 aromatic heterocycles. The zero-order valence-electron chi connectivity index (χ0n) is 13.0. The van der Waals surface area contributed by atoms with Gasteiger partial charge in [-0.25, -0.2) is 0 Å². The Morgan fingerprint density at radius 3 is 2.70 bits per heavy atom. The van der Waals surface area contributed by atoms with Crippen molar-refractivity contribution in [1.82, 2.24) is 20.0 Å². The van der Waals surface area contributed by atoms with Gasteiger partial charge in [-0.15, -0.1) is 0 Å². The van der Waals surface area contributed by atoms with Crippen molar-refractivity contribution >= 4 is 17.8 Å². The summed E-state index contributed by atoms with van der Waals surface area (Å²) in [7, 11) is 0. The Bertz CT molecular complexity index is 646. The Kier molecular flexibility index (Phi) is 3.83. The normalized spacial score (nSPS) is 23.1. The Hall–Kier alpha value is -2.38. The fourth-order valence-corrected chi connectivity index (χ4v) is 3.54. The smallest absolute Gasteiger partial charge is 0.309 e. The molecule has 3 heterocycles. The number of aryl methyl sites for hydroxylation is 1. The fraction of sp³-hybridized carbons (Fsp3) is 0.600. The number of piperidine rings is 1. The lowest BCUT2D eigenvalue weighted by Crippen LogP contribution is -2.56. The Balaban J connectivity index is 1.62. The molecule has 0 aliphatic carbocycles. The largest absolute Gasteiger partial charge is 0.481 e. The standard InChI is InChI=1S/C15H20N4O4/c1-10-2-5-19(17-10)9-13(21)18-6-3-15(4-7-18)11(14(22)23)8-12(20)16-15/h2,5,11H,3-4,6-9H2,1H3,(H,16,20)(H,22,23)/t11-/m0/s1. The SMILES string of the molecule is Cc1ccn(CC(=O)N2CCC3(CC2)NC(=O)C[C@H]3C(=O)O)n1. The molecule has 2 aliphatic rings. The predicted octanol–water partition coefficient (Wildman–Crippen LogP) is -0.227. The van der Waals surface area contributed by atoms with Crippen LogP contribution < -0.4 is 5.32 Å². The van der Waals surface area contributed by atoms with Crippen molar-refractivity contribution in [1.29, 1.82) is 0 Å². The van der Waals surface area contributed by atoms with Crippen LogP contribution in [0.1, 0.15) is 25.0 Å². The third-order valence-electron chi connectivity index (χ3n) is 4.82. The summed E-state index contributed by atoms with van der Waals surface area (Å²) in [6, 6.07) is 1.84. The molecule has 2 amide bonds. The van der Waals surface area contributed by atoms with E-state index in [-0.39, 0.29) is 24.8 Å². The number of aliphatic carboxylic acids is 1. The van der Waals surface area contributed by atoms with Crippen molar-refractivity contribution in [3.05, 3.63) is 18.0 Å². The second-order valence-electron chi connectivity index (χ2n) is 6.33. The van der Waals surface area contributed by atoms with Gasteiger partial charge in [0.2, 0.25) is 11.8 Å². The van der Waals surface area contributed by atoms with Crippen LogP contribution in [0.5, 0.6) is 0 Å². The van der Waals surface area contributed by atoms with Gasteiger partial charge in [-0.1, -0.05) is 0 Å². The van der Waals surface area contributed by atoms with Crippen molar-refractivity contribution in [2.24, 2.45) is 5.92 Å². The molecular formula is C15H20N4O4. The van der Waals surface area contributed by atoms with Crippen LogP contribution in [0.15, 0.2) is 12.3 Å². The molecule has 0 bridgehead atoms. The second-order valence-corrected chi connectivity index (χ2v) is 6.33. The van der Waals surface area contributed by atoms with Gasteiger partial charge in [0.1, 0.15) is 6.54 Å². The number of hydrogen-bond donors (Lipinski definition) is 2. The van der Waals surface area contributed by atoms with Gasteiger partial charge >= 0.3 is 5.97 Å². The minimum atomic E-state index is -0.949. The van der Waals surface area contributed by atoms with E-state index >= 15 is 0 Å². The van der Waals surface area contributed by atoms with Gasteiger partial charge in [0.05, 0.1) is 17.2 Å². The first-order valence-electron chi connectivity index (χ1n) is 7.71. The molecule has 0 unspecified atom stereocenters. The number of likely N-dealkylation sites (tertiary alicyclic amines) is 1. The van der Waals surface area contributed by atoms with Crippen LogP contribution in [0, 0.1) is 12.8 Å². The minimum absolute atomic E-state index is 0.0237. The average molecular weight is 320 g/mol. The maximum Gasteiger partial charge on any atom is 0.309 e. The monoisotopic (exact) mass is 320 g/mol. The molecule has 124 valence electrons. The number of rotatable bonds is 3. The predicted molar refractivity (Wildman–Crippen MR) is 79.4 cm³/mol. The molecule has 0 saturated carbocycles. The number of aromatic nitrogens is 2. The Morgan fingerprint density at radius 2 is 2.13 bits per heavy atom. The van der Waals surface area contributed by atoms with E-state index < -0.39 is 17.4 Å². The summed E-state index contributed by atoms with van der Waals surface area (Å²) >= 11 is 0. The molecule has 1 spiro atoms. The van der Waals surface area contributed by atoms with Gasteiger partial charge < -0.3 is 15.3 Å². The molecule has 2 N–H and O–H groups in total. The summed E-state index contributed by atoms with van der Waals surface area (Å²) in [5.41, 5.74) is 0.149. The molecule has 0 aromatic carbocycles. The van der Waals surface area contributed by atoms with Crippen molar-refractivity contribution < 1.29 is 19.5 Å². The third kappa shape index (κ3) is 2.93. The highest BCUT2D eigenvalue weighted by Gasteiger charge is 2.51. The van der Waals surface area contributed by atoms with Crippen LogP contribution in [-0.2, 0) is 20.9 Å². The summed E-state index contributed by atoms with van der Waals surface area (Å²) in [6.07, 6.45) is 2.73. The molecule has 8 heteroatoms. The zero-order chi connectivity index (χ0) is 16.6. The Labute approximate surface area is 133 Å². The first-order chi connectivity index (χ1) is 10.9. The highest BCUT2D eigenvalue weighted by molar-refractivity contribution is 5.88. The fourth-order valence-electron chi connectivity index (χ4n) is 3.54. The lowest BCUT2D eigenvalue weighted by Gasteiger charge is -2.41. The lowest BCUT2D eigenvalue weighted by molar-refractivity contribution is -0.145. The topological polar surface area (TPSA) is 105 Å². The molecule has 1 aromatic rings. The van der Waals surface area contributed by atoms with E-state index in [1.54, 1.807) is 15.8 Å². The van der Waals surface area contributed by atoms with E-state index in [9.17, 15) is 19.5 Å². The highest BCUT2D eigenvalue weighted by atomic mass is 16.4. The third-order valence-corrected chi connectivity index (χ3v) is 4.82. The van der Waals surface area contributed by atoms with Gasteiger partial charge in [-0.05, 0) is 25.8 Å². The van der Waals surface area contributed by atoms with Gasteiger partial charge in [-0.2, -0.15) is 5.10 Å². The molecule has 3 rings (SSSR count). The average Bonchev–Trinajstić information content (AvgIpc) is 3.03. The van der Waals surface area contributed by atoms with E-state index in [1.165, 1.54) is 0 Å². The summed E-state index contributed by atoms with van der Waals surface area (Å²) in [4.78, 5) is 37.1. The number of hydrogen-bond acceptors (Lipinski definition) is 4. The van der Waals surface area contributed by atoms with Crippen LogP contribution in [0.4, 0.5) is 0 Å². The summed E-state index contributed by atoms with van der Waals surface area (Å²) in [6.45, 7) is 2.93. The molecule has 0 radical (unpaired) electrons. The van der Waals surface area contributed by atoms with E-state index in [0.29, 0.717) is 25.9 Å². The molecule has 2 fully saturated rings. The van der Waals surface area contributed by atoms with Crippen LogP contribution in [0.2, 0.25) is 0 Å². The van der Waals surface area contributed by atoms with E-state index in [1.807, 2.05) is 13.0 Å². The Morgan fingerprint density at radius 1 is 1.43 bits per heavy atom. The summed E-state index contributed by atoms with van der Waals surface area (Å²) < 4.78 is 1.60. The van der Waals surface area contributed by atoms with Crippen LogP contribution in [0.3, 0.4) is 0 Å². The second kappa shape index (κ2) is 5.68.